The number of benzene rings is 2. The summed E-state index contributed by atoms with van der Waals surface area (Å²) in [5, 5.41) is 4.21. The summed E-state index contributed by atoms with van der Waals surface area (Å²) >= 11 is 1.85. The highest BCUT2D eigenvalue weighted by Crippen LogP contribution is 2.36. The van der Waals surface area contributed by atoms with Crippen molar-refractivity contribution in [2.45, 2.75) is 43.9 Å². The zero-order valence-corrected chi connectivity index (χ0v) is 16.9. The van der Waals surface area contributed by atoms with Gasteiger partial charge in [0.2, 0.25) is 0 Å². The summed E-state index contributed by atoms with van der Waals surface area (Å²) in [4.78, 5) is 5.94. The highest BCUT2D eigenvalue weighted by atomic mass is 32.2. The molecule has 0 saturated carbocycles. The Morgan fingerprint density at radius 1 is 1.08 bits per heavy atom. The molecule has 0 spiro atoms. The first kappa shape index (κ1) is 18.7. The average molecular weight is 367 g/mol. The summed E-state index contributed by atoms with van der Waals surface area (Å²) in [6.45, 7) is 9.49. The molecule has 3 nitrogen and oxygen atoms in total. The molecule has 3 rings (SSSR count). The molecule has 2 aromatic carbocycles. The summed E-state index contributed by atoms with van der Waals surface area (Å²) in [5.41, 5.74) is 3.13. The van der Waals surface area contributed by atoms with Crippen LogP contribution >= 0.6 is 11.8 Å². The Kier molecular flexibility index (Phi) is 5.54. The van der Waals surface area contributed by atoms with Crippen molar-refractivity contribution < 1.29 is 4.74 Å². The van der Waals surface area contributed by atoms with Crippen LogP contribution in [0, 0.1) is 6.92 Å². The molecule has 0 aliphatic heterocycles. The van der Waals surface area contributed by atoms with Crippen molar-refractivity contribution in [1.29, 1.82) is 0 Å². The van der Waals surface area contributed by atoms with Crippen LogP contribution in [-0.4, -0.2) is 16.8 Å². The fraction of sp³-hybridized carbons (Fsp3) is 0.318. The van der Waals surface area contributed by atoms with Crippen LogP contribution in [0.1, 0.15) is 32.0 Å². The molecule has 3 aromatic rings. The van der Waals surface area contributed by atoms with Gasteiger partial charge in [-0.25, -0.2) is 0 Å². The summed E-state index contributed by atoms with van der Waals surface area (Å²) in [6.07, 6.45) is 0. The first-order valence-corrected chi connectivity index (χ1v) is 9.67. The van der Waals surface area contributed by atoms with Crippen LogP contribution in [0.2, 0.25) is 0 Å². The Hall–Kier alpha value is -2.04. The summed E-state index contributed by atoms with van der Waals surface area (Å²) in [6, 6.07) is 16.6. The van der Waals surface area contributed by atoms with Crippen LogP contribution in [0.25, 0.3) is 10.9 Å². The number of hydrogen-bond acceptors (Lipinski definition) is 4. The Labute approximate surface area is 160 Å². The number of nitrogens with zero attached hydrogens (tertiary/aromatic N) is 1. The molecule has 4 heteroatoms. The Morgan fingerprint density at radius 3 is 2.62 bits per heavy atom. The van der Waals surface area contributed by atoms with E-state index in [4.69, 9.17) is 9.72 Å². The number of thioether (sulfide) groups is 1. The van der Waals surface area contributed by atoms with Gasteiger partial charge in [-0.1, -0.05) is 32.9 Å². The topological polar surface area (TPSA) is 34.1 Å². The zero-order valence-electron chi connectivity index (χ0n) is 16.1. The summed E-state index contributed by atoms with van der Waals surface area (Å²) in [7, 11) is 1.94. The normalized spacial score (nSPS) is 11.7. The predicted octanol–water partition coefficient (Wildman–Crippen LogP) is 5.95. The molecule has 136 valence electrons. The maximum Gasteiger partial charge on any atom is 0.138 e. The van der Waals surface area contributed by atoms with Crippen molar-refractivity contribution in [3.63, 3.8) is 0 Å². The van der Waals surface area contributed by atoms with Gasteiger partial charge in [-0.3, -0.25) is 4.98 Å². The molecule has 1 N–H and O–H groups in total. The number of ether oxygens (including phenoxy) is 1. The molecule has 0 atom stereocenters. The fourth-order valence-corrected chi connectivity index (χ4v) is 3.87. The van der Waals surface area contributed by atoms with Crippen LogP contribution in [0.3, 0.4) is 0 Å². The maximum atomic E-state index is 6.23. The molecule has 0 aliphatic carbocycles. The largest absolute Gasteiger partial charge is 0.457 e. The van der Waals surface area contributed by atoms with E-state index >= 15 is 0 Å². The number of nitrogens with one attached hydrogen (secondary N) is 1. The minimum Gasteiger partial charge on any atom is -0.457 e. The summed E-state index contributed by atoms with van der Waals surface area (Å²) in [5.74, 6) is 1.69. The van der Waals surface area contributed by atoms with Crippen molar-refractivity contribution in [2.75, 3.05) is 7.05 Å². The van der Waals surface area contributed by atoms with Crippen molar-refractivity contribution in [2.24, 2.45) is 0 Å². The van der Waals surface area contributed by atoms with E-state index in [1.165, 1.54) is 10.5 Å². The molecule has 0 bridgehead atoms. The molecule has 1 aromatic heterocycles. The maximum absolute atomic E-state index is 6.23. The predicted molar refractivity (Wildman–Crippen MR) is 111 cm³/mol. The number of hydrogen-bond donors (Lipinski definition) is 1. The number of rotatable bonds is 5. The van der Waals surface area contributed by atoms with Gasteiger partial charge in [-0.2, -0.15) is 0 Å². The first-order chi connectivity index (χ1) is 12.3. The van der Waals surface area contributed by atoms with E-state index in [2.05, 4.69) is 56.4 Å². The second kappa shape index (κ2) is 7.68. The zero-order chi connectivity index (χ0) is 18.7. The van der Waals surface area contributed by atoms with Gasteiger partial charge in [0.1, 0.15) is 11.5 Å². The van der Waals surface area contributed by atoms with Gasteiger partial charge in [-0.15, -0.1) is 11.8 Å². The van der Waals surface area contributed by atoms with Gasteiger partial charge < -0.3 is 10.1 Å². The highest BCUT2D eigenvalue weighted by molar-refractivity contribution is 8.00. The molecular weight excluding hydrogens is 340 g/mol. The monoisotopic (exact) mass is 366 g/mol. The SMILES string of the molecule is CNCc1cccc(Oc2cc(C)nc3cc(SC(C)(C)C)ccc23)c1. The molecular formula is C22H26N2OS. The van der Waals surface area contributed by atoms with E-state index in [1.54, 1.807) is 0 Å². The third-order valence-electron chi connectivity index (χ3n) is 3.80. The number of aryl methyl sites for hydroxylation is 1. The van der Waals surface area contributed by atoms with Gasteiger partial charge in [-0.05, 0) is 49.9 Å². The van der Waals surface area contributed by atoms with Crippen molar-refractivity contribution in [3.05, 3.63) is 59.8 Å². The minimum atomic E-state index is 0.171. The van der Waals surface area contributed by atoms with Gasteiger partial charge in [0.25, 0.3) is 0 Å². The molecule has 26 heavy (non-hydrogen) atoms. The fourth-order valence-electron chi connectivity index (χ4n) is 2.85. The molecule has 1 heterocycles. The third kappa shape index (κ3) is 4.77. The second-order valence-electron chi connectivity index (χ2n) is 7.43. The van der Waals surface area contributed by atoms with E-state index < -0.39 is 0 Å². The van der Waals surface area contributed by atoms with Crippen LogP contribution in [0.4, 0.5) is 0 Å². The molecule has 0 amide bonds. The van der Waals surface area contributed by atoms with E-state index in [-0.39, 0.29) is 4.75 Å². The lowest BCUT2D eigenvalue weighted by Crippen LogP contribution is -2.06. The molecule has 0 aliphatic rings. The Bertz CT molecular complexity index is 916. The number of fused-ring (bicyclic) bond motifs is 1. The summed E-state index contributed by atoms with van der Waals surface area (Å²) < 4.78 is 6.40. The lowest BCUT2D eigenvalue weighted by Gasteiger charge is -2.18. The number of pyridine rings is 1. The molecule has 0 saturated heterocycles. The van der Waals surface area contributed by atoms with Crippen LogP contribution in [0.5, 0.6) is 11.5 Å². The smallest absolute Gasteiger partial charge is 0.138 e. The van der Waals surface area contributed by atoms with Gasteiger partial charge in [0.15, 0.2) is 0 Å². The van der Waals surface area contributed by atoms with Crippen LogP contribution in [0.15, 0.2) is 53.4 Å². The van der Waals surface area contributed by atoms with Gasteiger partial charge in [0.05, 0.1) is 5.52 Å². The van der Waals surface area contributed by atoms with Crippen molar-refractivity contribution in [1.82, 2.24) is 10.3 Å². The van der Waals surface area contributed by atoms with Crippen molar-refractivity contribution >= 4 is 22.7 Å². The second-order valence-corrected chi connectivity index (χ2v) is 9.34. The van der Waals surface area contributed by atoms with Gasteiger partial charge >= 0.3 is 0 Å². The Morgan fingerprint density at radius 2 is 1.88 bits per heavy atom. The van der Waals surface area contributed by atoms with Gasteiger partial charge in [0, 0.05) is 33.3 Å². The molecule has 0 fully saturated rings. The average Bonchev–Trinajstić information content (AvgIpc) is 2.53. The lowest BCUT2D eigenvalue weighted by molar-refractivity contribution is 0.486. The minimum absolute atomic E-state index is 0.171. The Balaban J connectivity index is 1.96. The third-order valence-corrected chi connectivity index (χ3v) is 4.90. The number of aromatic nitrogens is 1. The van der Waals surface area contributed by atoms with E-state index in [9.17, 15) is 0 Å². The quantitative estimate of drug-likeness (QED) is 0.566. The first-order valence-electron chi connectivity index (χ1n) is 8.86. The van der Waals surface area contributed by atoms with Crippen LogP contribution < -0.4 is 10.1 Å². The molecule has 0 unspecified atom stereocenters. The van der Waals surface area contributed by atoms with Crippen LogP contribution in [-0.2, 0) is 6.54 Å². The van der Waals surface area contributed by atoms with E-state index in [1.807, 2.05) is 43.9 Å². The van der Waals surface area contributed by atoms with Crippen molar-refractivity contribution in [3.8, 4) is 11.5 Å². The lowest BCUT2D eigenvalue weighted by atomic mass is 10.1. The highest BCUT2D eigenvalue weighted by Gasteiger charge is 2.14. The molecule has 0 radical (unpaired) electrons. The standard InChI is InChI=1S/C22H26N2OS/c1-15-11-21(25-17-8-6-7-16(12-17)14-23-5)19-10-9-18(13-20(19)24-15)26-22(2,3)4/h6-13,23H,14H2,1-5H3. The van der Waals surface area contributed by atoms with E-state index in [0.29, 0.717) is 0 Å². The van der Waals surface area contributed by atoms with E-state index in [0.717, 1.165) is 34.6 Å².